The van der Waals surface area contributed by atoms with Crippen molar-refractivity contribution < 1.29 is 9.90 Å². The fourth-order valence-corrected chi connectivity index (χ4v) is 2.59. The summed E-state index contributed by atoms with van der Waals surface area (Å²) in [6, 6.07) is 9.48. The Labute approximate surface area is 139 Å². The molecule has 0 aliphatic carbocycles. The summed E-state index contributed by atoms with van der Waals surface area (Å²) in [6.45, 7) is 3.88. The smallest absolute Gasteiger partial charge is 0.281 e. The van der Waals surface area contributed by atoms with Crippen LogP contribution in [0.4, 0.5) is 5.82 Å². The second-order valence-electron chi connectivity index (χ2n) is 5.54. The first-order chi connectivity index (χ1) is 11.5. The minimum Gasteiger partial charge on any atom is -0.504 e. The highest BCUT2D eigenvalue weighted by Crippen LogP contribution is 2.22. The molecule has 2 N–H and O–H groups in total. The van der Waals surface area contributed by atoms with Gasteiger partial charge in [-0.05, 0) is 25.0 Å². The third-order valence-electron chi connectivity index (χ3n) is 3.77. The number of aromatic nitrogens is 4. The number of anilines is 1. The number of amides is 1. The molecule has 7 heteroatoms. The first kappa shape index (κ1) is 15.8. The van der Waals surface area contributed by atoms with Crippen LogP contribution in [0.2, 0.25) is 0 Å². The van der Waals surface area contributed by atoms with Crippen molar-refractivity contribution in [1.29, 1.82) is 0 Å². The van der Waals surface area contributed by atoms with Gasteiger partial charge in [0.05, 0.1) is 17.6 Å². The average molecular weight is 325 g/mol. The monoisotopic (exact) mass is 325 g/mol. The van der Waals surface area contributed by atoms with Gasteiger partial charge < -0.3 is 10.4 Å². The highest BCUT2D eigenvalue weighted by atomic mass is 16.3. The second-order valence-corrected chi connectivity index (χ2v) is 5.54. The Morgan fingerprint density at radius 1 is 1.29 bits per heavy atom. The molecule has 24 heavy (non-hydrogen) atoms. The van der Waals surface area contributed by atoms with Gasteiger partial charge in [-0.1, -0.05) is 25.1 Å². The van der Waals surface area contributed by atoms with Gasteiger partial charge >= 0.3 is 0 Å². The normalized spacial score (nSPS) is 10.8. The lowest BCUT2D eigenvalue weighted by Gasteiger charge is -2.07. The Morgan fingerprint density at radius 2 is 2.04 bits per heavy atom. The fraction of sp³-hybridized carbons (Fsp3) is 0.235. The molecule has 0 fully saturated rings. The van der Waals surface area contributed by atoms with Crippen molar-refractivity contribution in [2.45, 2.75) is 20.3 Å². The van der Waals surface area contributed by atoms with E-state index >= 15 is 0 Å². The van der Waals surface area contributed by atoms with E-state index in [2.05, 4.69) is 15.5 Å². The van der Waals surface area contributed by atoms with Crippen LogP contribution in [0.5, 0.6) is 5.75 Å². The average Bonchev–Trinajstić information content (AvgIpc) is 3.09. The predicted octanol–water partition coefficient (Wildman–Crippen LogP) is 2.43. The summed E-state index contributed by atoms with van der Waals surface area (Å²) < 4.78 is 3.09. The molecule has 0 saturated carbocycles. The summed E-state index contributed by atoms with van der Waals surface area (Å²) in [6.07, 6.45) is 2.27. The molecular formula is C17H19N5O2. The maximum absolute atomic E-state index is 12.4. The molecule has 3 aromatic rings. The van der Waals surface area contributed by atoms with Gasteiger partial charge in [0.15, 0.2) is 11.4 Å². The zero-order chi connectivity index (χ0) is 17.3. The molecule has 0 saturated heterocycles. The zero-order valence-electron chi connectivity index (χ0n) is 13.8. The molecule has 1 aromatic carbocycles. The van der Waals surface area contributed by atoms with Crippen molar-refractivity contribution in [3.63, 3.8) is 0 Å². The van der Waals surface area contributed by atoms with Crippen molar-refractivity contribution in [3.05, 3.63) is 53.5 Å². The Balaban J connectivity index is 1.91. The van der Waals surface area contributed by atoms with Crippen molar-refractivity contribution in [1.82, 2.24) is 19.6 Å². The SMILES string of the molecule is CCc1ccccc1-n1cc(O)c(C(=O)Nc2cc(C)nn2C)n1. The largest absolute Gasteiger partial charge is 0.504 e. The summed E-state index contributed by atoms with van der Waals surface area (Å²) in [5, 5.41) is 21.2. The van der Waals surface area contributed by atoms with Crippen molar-refractivity contribution in [3.8, 4) is 11.4 Å². The van der Waals surface area contributed by atoms with Crippen LogP contribution < -0.4 is 5.32 Å². The number of carbonyl (C=O) groups is 1. The maximum Gasteiger partial charge on any atom is 0.281 e. The summed E-state index contributed by atoms with van der Waals surface area (Å²) in [4.78, 5) is 12.4. The number of para-hydroxylation sites is 1. The van der Waals surface area contributed by atoms with Crippen molar-refractivity contribution in [2.75, 3.05) is 5.32 Å². The lowest BCUT2D eigenvalue weighted by Crippen LogP contribution is -2.15. The highest BCUT2D eigenvalue weighted by Gasteiger charge is 2.19. The molecule has 0 radical (unpaired) electrons. The van der Waals surface area contributed by atoms with Gasteiger partial charge in [0.1, 0.15) is 5.82 Å². The molecule has 2 aromatic heterocycles. The molecule has 0 aliphatic rings. The highest BCUT2D eigenvalue weighted by molar-refractivity contribution is 6.04. The van der Waals surface area contributed by atoms with Gasteiger partial charge in [0, 0.05) is 13.1 Å². The molecule has 3 rings (SSSR count). The maximum atomic E-state index is 12.4. The number of hydrogen-bond acceptors (Lipinski definition) is 4. The molecule has 2 heterocycles. The molecule has 0 aliphatic heterocycles. The Bertz CT molecular complexity index is 894. The van der Waals surface area contributed by atoms with E-state index in [9.17, 15) is 9.90 Å². The number of rotatable bonds is 4. The van der Waals surface area contributed by atoms with Gasteiger partial charge in [-0.3, -0.25) is 9.48 Å². The number of aromatic hydroxyl groups is 1. The Hall–Kier alpha value is -3.09. The third kappa shape index (κ3) is 2.88. The summed E-state index contributed by atoms with van der Waals surface area (Å²) >= 11 is 0. The summed E-state index contributed by atoms with van der Waals surface area (Å²) in [5.74, 6) is -0.110. The van der Waals surface area contributed by atoms with Gasteiger partial charge in [0.2, 0.25) is 0 Å². The minimum absolute atomic E-state index is 0.0280. The van der Waals surface area contributed by atoms with Crippen LogP contribution in [-0.2, 0) is 13.5 Å². The number of nitrogens with zero attached hydrogens (tertiary/aromatic N) is 4. The first-order valence-electron chi connectivity index (χ1n) is 7.68. The molecule has 0 spiro atoms. The fourth-order valence-electron chi connectivity index (χ4n) is 2.59. The molecule has 0 bridgehead atoms. The molecule has 124 valence electrons. The van der Waals surface area contributed by atoms with Crippen LogP contribution in [0.3, 0.4) is 0 Å². The van der Waals surface area contributed by atoms with Gasteiger partial charge in [-0.25, -0.2) is 4.68 Å². The van der Waals surface area contributed by atoms with E-state index in [1.165, 1.54) is 10.9 Å². The standard InChI is InChI=1S/C17H19N5O2/c1-4-12-7-5-6-8-13(12)22-10-14(23)16(20-22)17(24)18-15-9-11(2)19-21(15)3/h5-10,23H,4H2,1-3H3,(H,18,24). The quantitative estimate of drug-likeness (QED) is 0.771. The molecule has 0 atom stereocenters. The van der Waals surface area contributed by atoms with E-state index in [4.69, 9.17) is 0 Å². The van der Waals surface area contributed by atoms with Crippen LogP contribution in [0.1, 0.15) is 28.7 Å². The molecular weight excluding hydrogens is 306 g/mol. The van der Waals surface area contributed by atoms with Crippen LogP contribution in [0.15, 0.2) is 36.5 Å². The third-order valence-corrected chi connectivity index (χ3v) is 3.77. The van der Waals surface area contributed by atoms with E-state index in [1.54, 1.807) is 17.8 Å². The van der Waals surface area contributed by atoms with Crippen molar-refractivity contribution >= 4 is 11.7 Å². The molecule has 0 unspecified atom stereocenters. The minimum atomic E-state index is -0.483. The van der Waals surface area contributed by atoms with E-state index < -0.39 is 5.91 Å². The van der Waals surface area contributed by atoms with Gasteiger partial charge in [-0.2, -0.15) is 10.2 Å². The van der Waals surface area contributed by atoms with E-state index in [-0.39, 0.29) is 11.4 Å². The number of nitrogens with one attached hydrogen (secondary N) is 1. The predicted molar refractivity (Wildman–Crippen MR) is 90.5 cm³/mol. The second kappa shape index (κ2) is 6.19. The number of aryl methyl sites for hydroxylation is 3. The van der Waals surface area contributed by atoms with Crippen LogP contribution in [0, 0.1) is 6.92 Å². The van der Waals surface area contributed by atoms with Crippen molar-refractivity contribution in [2.24, 2.45) is 7.05 Å². The van der Waals surface area contributed by atoms with Crippen LogP contribution >= 0.6 is 0 Å². The van der Waals surface area contributed by atoms with E-state index in [0.717, 1.165) is 23.4 Å². The topological polar surface area (TPSA) is 85.0 Å². The number of hydrogen-bond donors (Lipinski definition) is 2. The number of carbonyl (C=O) groups excluding carboxylic acids is 1. The molecule has 7 nitrogen and oxygen atoms in total. The summed E-state index contributed by atoms with van der Waals surface area (Å²) in [7, 11) is 1.73. The lowest BCUT2D eigenvalue weighted by molar-refractivity contribution is 0.101. The first-order valence-corrected chi connectivity index (χ1v) is 7.68. The Morgan fingerprint density at radius 3 is 2.71 bits per heavy atom. The lowest BCUT2D eigenvalue weighted by atomic mass is 10.1. The summed E-state index contributed by atoms with van der Waals surface area (Å²) in [5.41, 5.74) is 2.68. The van der Waals surface area contributed by atoms with E-state index in [1.807, 2.05) is 38.1 Å². The van der Waals surface area contributed by atoms with Gasteiger partial charge in [-0.15, -0.1) is 0 Å². The van der Waals surface area contributed by atoms with E-state index in [0.29, 0.717) is 5.82 Å². The Kier molecular flexibility index (Phi) is 4.07. The number of benzene rings is 1. The zero-order valence-corrected chi connectivity index (χ0v) is 13.8. The van der Waals surface area contributed by atoms with Crippen LogP contribution in [-0.4, -0.2) is 30.6 Å². The molecule has 1 amide bonds. The van der Waals surface area contributed by atoms with Crippen LogP contribution in [0.25, 0.3) is 5.69 Å². The van der Waals surface area contributed by atoms with Gasteiger partial charge in [0.25, 0.3) is 5.91 Å².